The number of carbonyl (C=O) groups excluding carboxylic acids is 2. The van der Waals surface area contributed by atoms with Crippen LogP contribution in [0.25, 0.3) is 0 Å². The van der Waals surface area contributed by atoms with Crippen LogP contribution in [0.1, 0.15) is 19.3 Å². The summed E-state index contributed by atoms with van der Waals surface area (Å²) in [4.78, 5) is 29.3. The molecule has 0 spiro atoms. The fourth-order valence-electron chi connectivity index (χ4n) is 2.30. The van der Waals surface area contributed by atoms with Gasteiger partial charge in [0.1, 0.15) is 13.2 Å². The molecule has 0 aromatic carbocycles. The van der Waals surface area contributed by atoms with Gasteiger partial charge in [-0.3, -0.25) is 4.79 Å². The summed E-state index contributed by atoms with van der Waals surface area (Å²) in [5.41, 5.74) is 0. The van der Waals surface area contributed by atoms with Crippen LogP contribution in [0.2, 0.25) is 0 Å². The molecule has 0 unspecified atom stereocenters. The quantitative estimate of drug-likeness (QED) is 0.385. The third-order valence-corrected chi connectivity index (χ3v) is 4.20. The molecule has 2 heterocycles. The molecule has 1 aromatic rings. The van der Waals surface area contributed by atoms with Crippen LogP contribution in [0.4, 0.5) is 4.79 Å². The third kappa shape index (κ3) is 7.72. The van der Waals surface area contributed by atoms with E-state index < -0.39 is 6.09 Å². The molecule has 0 aliphatic carbocycles. The number of alkyl carbamates (subject to hydrolysis) is 1. The number of likely N-dealkylation sites (tertiary alicyclic amines) is 1. The van der Waals surface area contributed by atoms with Gasteiger partial charge in [-0.2, -0.15) is 0 Å². The summed E-state index contributed by atoms with van der Waals surface area (Å²) in [7, 11) is 0. The fraction of sp³-hybridized carbons (Fsp3) is 0.471. The lowest BCUT2D eigenvalue weighted by Crippen LogP contribution is -2.34. The Morgan fingerprint density at radius 2 is 2.04 bits per heavy atom. The lowest BCUT2D eigenvalue weighted by Gasteiger charge is -2.25. The number of carbonyl (C=O) groups is 2. The number of aromatic nitrogens is 1. The van der Waals surface area contributed by atoms with Crippen molar-refractivity contribution < 1.29 is 19.1 Å². The van der Waals surface area contributed by atoms with Crippen LogP contribution in [0.5, 0.6) is 5.88 Å². The van der Waals surface area contributed by atoms with E-state index in [1.807, 2.05) is 11.0 Å². The van der Waals surface area contributed by atoms with Crippen molar-refractivity contribution in [3.8, 4) is 5.88 Å². The van der Waals surface area contributed by atoms with Gasteiger partial charge in [-0.1, -0.05) is 6.08 Å². The van der Waals surface area contributed by atoms with E-state index in [0.29, 0.717) is 5.88 Å². The van der Waals surface area contributed by atoms with E-state index >= 15 is 0 Å². The summed E-state index contributed by atoms with van der Waals surface area (Å²) in [6, 6.07) is 3.64. The fourth-order valence-corrected chi connectivity index (χ4v) is 2.62. The molecule has 1 N–H and O–H groups in total. The molecule has 8 heteroatoms. The van der Waals surface area contributed by atoms with Gasteiger partial charge in [0.2, 0.25) is 11.8 Å². The molecular weight excluding hydrogens is 437 g/mol. The Morgan fingerprint density at radius 1 is 1.24 bits per heavy atom. The molecule has 0 atom stereocenters. The zero-order valence-corrected chi connectivity index (χ0v) is 16.1. The van der Waals surface area contributed by atoms with Gasteiger partial charge in [-0.25, -0.2) is 9.78 Å². The topological polar surface area (TPSA) is 80.8 Å². The van der Waals surface area contributed by atoms with Crippen molar-refractivity contribution in [1.82, 2.24) is 15.2 Å². The Kier molecular flexibility index (Phi) is 8.50. The van der Waals surface area contributed by atoms with E-state index in [1.54, 1.807) is 18.3 Å². The lowest BCUT2D eigenvalue weighted by molar-refractivity contribution is -0.126. The molecule has 1 fully saturated rings. The number of nitrogens with zero attached hydrogens (tertiary/aromatic N) is 2. The van der Waals surface area contributed by atoms with E-state index in [-0.39, 0.29) is 25.7 Å². The van der Waals surface area contributed by atoms with Crippen molar-refractivity contribution in [2.45, 2.75) is 19.3 Å². The second-order valence-electron chi connectivity index (χ2n) is 5.47. The van der Waals surface area contributed by atoms with Crippen LogP contribution in [0.3, 0.4) is 0 Å². The summed E-state index contributed by atoms with van der Waals surface area (Å²) < 4.78 is 11.4. The van der Waals surface area contributed by atoms with E-state index in [0.717, 1.165) is 29.5 Å². The Hall–Kier alpha value is -1.84. The predicted molar refractivity (Wildman–Crippen MR) is 101 cm³/mol. The minimum absolute atomic E-state index is 0.00621. The highest BCUT2D eigenvalue weighted by Crippen LogP contribution is 2.09. The maximum absolute atomic E-state index is 11.9. The van der Waals surface area contributed by atoms with Crippen LogP contribution in [0, 0.1) is 3.57 Å². The first-order valence-electron chi connectivity index (χ1n) is 8.25. The maximum Gasteiger partial charge on any atom is 0.407 e. The van der Waals surface area contributed by atoms with E-state index in [2.05, 4.69) is 32.9 Å². The summed E-state index contributed by atoms with van der Waals surface area (Å²) >= 11 is 2.16. The number of piperidine rings is 1. The van der Waals surface area contributed by atoms with Gasteiger partial charge in [0.25, 0.3) is 0 Å². The number of ether oxygens (including phenoxy) is 2. The van der Waals surface area contributed by atoms with Crippen molar-refractivity contribution in [2.75, 3.05) is 32.8 Å². The molecule has 1 aliphatic heterocycles. The molecular formula is C17H22IN3O4. The second kappa shape index (κ2) is 10.9. The Balaban J connectivity index is 1.53. The van der Waals surface area contributed by atoms with Crippen LogP contribution < -0.4 is 10.1 Å². The molecule has 1 aromatic heterocycles. The summed E-state index contributed by atoms with van der Waals surface area (Å²) in [5.74, 6) is 0.483. The molecule has 7 nitrogen and oxygen atoms in total. The van der Waals surface area contributed by atoms with Crippen molar-refractivity contribution in [2.24, 2.45) is 0 Å². The second-order valence-corrected chi connectivity index (χ2v) is 6.71. The first-order chi connectivity index (χ1) is 12.1. The van der Waals surface area contributed by atoms with Gasteiger partial charge in [0.05, 0.1) is 0 Å². The van der Waals surface area contributed by atoms with Crippen LogP contribution in [0.15, 0.2) is 30.5 Å². The average molecular weight is 459 g/mol. The number of pyridine rings is 1. The first kappa shape index (κ1) is 19.5. The molecule has 136 valence electrons. The molecule has 0 saturated carbocycles. The van der Waals surface area contributed by atoms with Gasteiger partial charge >= 0.3 is 6.09 Å². The molecule has 1 aliphatic rings. The van der Waals surface area contributed by atoms with Crippen molar-refractivity contribution in [3.05, 3.63) is 34.1 Å². The molecule has 2 amide bonds. The highest BCUT2D eigenvalue weighted by atomic mass is 127. The third-order valence-electron chi connectivity index (χ3n) is 3.56. The number of hydrogen-bond donors (Lipinski definition) is 1. The van der Waals surface area contributed by atoms with Crippen LogP contribution >= 0.6 is 22.6 Å². The van der Waals surface area contributed by atoms with Gasteiger partial charge in [0.15, 0.2) is 0 Å². The number of halogens is 1. The molecule has 2 rings (SSSR count). The Labute approximate surface area is 160 Å². The number of hydrogen-bond acceptors (Lipinski definition) is 5. The molecule has 0 bridgehead atoms. The van der Waals surface area contributed by atoms with Gasteiger partial charge in [0, 0.05) is 41.5 Å². The van der Waals surface area contributed by atoms with Crippen molar-refractivity contribution in [1.29, 1.82) is 0 Å². The van der Waals surface area contributed by atoms with E-state index in [9.17, 15) is 9.59 Å². The van der Waals surface area contributed by atoms with Gasteiger partial charge < -0.3 is 19.7 Å². The zero-order valence-electron chi connectivity index (χ0n) is 13.9. The normalized spacial score (nSPS) is 14.4. The lowest BCUT2D eigenvalue weighted by atomic mass is 10.1. The van der Waals surface area contributed by atoms with Gasteiger partial charge in [-0.05, 0) is 47.9 Å². The van der Waals surface area contributed by atoms with Crippen LogP contribution in [-0.2, 0) is 9.53 Å². The molecule has 0 radical (unpaired) electrons. The number of amides is 2. The van der Waals surface area contributed by atoms with Crippen LogP contribution in [-0.4, -0.2) is 54.7 Å². The summed E-state index contributed by atoms with van der Waals surface area (Å²) in [5, 5.41) is 2.56. The maximum atomic E-state index is 11.9. The number of nitrogens with one attached hydrogen (secondary N) is 1. The molecule has 25 heavy (non-hydrogen) atoms. The monoisotopic (exact) mass is 459 g/mol. The highest BCUT2D eigenvalue weighted by Gasteiger charge is 2.13. The summed E-state index contributed by atoms with van der Waals surface area (Å²) in [6.45, 7) is 2.22. The van der Waals surface area contributed by atoms with E-state index in [4.69, 9.17) is 9.47 Å². The highest BCUT2D eigenvalue weighted by molar-refractivity contribution is 14.1. The SMILES string of the molecule is O=C(NC/C=C/C(=O)N1CCCCC1)OCCOc1ccc(I)cn1. The average Bonchev–Trinajstić information content (AvgIpc) is 2.64. The zero-order chi connectivity index (χ0) is 17.9. The smallest absolute Gasteiger partial charge is 0.407 e. The number of rotatable bonds is 7. The van der Waals surface area contributed by atoms with Crippen molar-refractivity contribution in [3.63, 3.8) is 0 Å². The Morgan fingerprint density at radius 3 is 2.76 bits per heavy atom. The predicted octanol–water partition coefficient (Wildman–Crippen LogP) is 2.36. The minimum atomic E-state index is -0.547. The van der Waals surface area contributed by atoms with Gasteiger partial charge in [-0.15, -0.1) is 0 Å². The molecule has 1 saturated heterocycles. The standard InChI is InChI=1S/C17H22IN3O4/c18-14-6-7-15(20-13-14)24-11-12-25-17(23)19-8-4-5-16(22)21-9-2-1-3-10-21/h4-7,13H,1-3,8-12H2,(H,19,23)/b5-4+. The van der Waals surface area contributed by atoms with Crippen molar-refractivity contribution >= 4 is 34.6 Å². The summed E-state index contributed by atoms with van der Waals surface area (Å²) in [6.07, 6.45) is 7.58. The first-order valence-corrected chi connectivity index (χ1v) is 9.33. The van der Waals surface area contributed by atoms with E-state index in [1.165, 1.54) is 12.5 Å². The Bertz CT molecular complexity index is 586. The minimum Gasteiger partial charge on any atom is -0.474 e. The largest absolute Gasteiger partial charge is 0.474 e.